The van der Waals surface area contributed by atoms with Crippen molar-refractivity contribution < 1.29 is 4.79 Å². The maximum absolute atomic E-state index is 11.7. The van der Waals surface area contributed by atoms with Crippen LogP contribution in [0.15, 0.2) is 6.33 Å². The number of nitrogens with one attached hydrogen (secondary N) is 1. The zero-order valence-corrected chi connectivity index (χ0v) is 9.64. The van der Waals surface area contributed by atoms with Crippen LogP contribution in [0.2, 0.25) is 0 Å². The number of carbonyl (C=O) groups is 1. The standard InChI is InChI=1S/C10H15N5O/c1-4-7(2)13-10(16)8(3)15-6-12-9(5-11)14-15/h6-8H,4H2,1-3H3,(H,13,16). The molecule has 0 bridgehead atoms. The Balaban J connectivity index is 2.67. The summed E-state index contributed by atoms with van der Waals surface area (Å²) in [6, 6.07) is 1.50. The quantitative estimate of drug-likeness (QED) is 0.808. The van der Waals surface area contributed by atoms with Crippen LogP contribution in [-0.2, 0) is 4.79 Å². The van der Waals surface area contributed by atoms with Crippen molar-refractivity contribution in [3.63, 3.8) is 0 Å². The maximum Gasteiger partial charge on any atom is 0.252 e. The molecule has 16 heavy (non-hydrogen) atoms. The molecule has 0 saturated carbocycles. The van der Waals surface area contributed by atoms with Gasteiger partial charge in [-0.2, -0.15) is 5.26 Å². The van der Waals surface area contributed by atoms with Gasteiger partial charge in [-0.15, -0.1) is 5.10 Å². The molecule has 1 rings (SSSR count). The predicted octanol–water partition coefficient (Wildman–Crippen LogP) is 0.625. The van der Waals surface area contributed by atoms with Crippen molar-refractivity contribution in [1.82, 2.24) is 20.1 Å². The highest BCUT2D eigenvalue weighted by Gasteiger charge is 2.17. The molecule has 0 radical (unpaired) electrons. The molecule has 0 aliphatic carbocycles. The number of rotatable bonds is 4. The first-order valence-corrected chi connectivity index (χ1v) is 5.20. The molecule has 1 aromatic heterocycles. The molecule has 0 aromatic carbocycles. The van der Waals surface area contributed by atoms with E-state index in [4.69, 9.17) is 5.26 Å². The van der Waals surface area contributed by atoms with E-state index >= 15 is 0 Å². The summed E-state index contributed by atoms with van der Waals surface area (Å²) < 4.78 is 1.39. The van der Waals surface area contributed by atoms with Gasteiger partial charge in [-0.05, 0) is 20.3 Å². The Labute approximate surface area is 94.3 Å². The van der Waals surface area contributed by atoms with E-state index in [-0.39, 0.29) is 17.8 Å². The molecule has 6 heteroatoms. The molecule has 1 N–H and O–H groups in total. The van der Waals surface area contributed by atoms with Crippen LogP contribution in [0, 0.1) is 11.3 Å². The Morgan fingerprint density at radius 3 is 2.88 bits per heavy atom. The number of aromatic nitrogens is 3. The lowest BCUT2D eigenvalue weighted by atomic mass is 10.2. The Kier molecular flexibility index (Phi) is 4.00. The lowest BCUT2D eigenvalue weighted by Gasteiger charge is -2.15. The van der Waals surface area contributed by atoms with E-state index in [0.717, 1.165) is 6.42 Å². The first-order chi connectivity index (χ1) is 7.58. The third-order valence-corrected chi connectivity index (χ3v) is 2.39. The lowest BCUT2D eigenvalue weighted by molar-refractivity contribution is -0.124. The molecule has 86 valence electrons. The first kappa shape index (κ1) is 12.2. The lowest BCUT2D eigenvalue weighted by Crippen LogP contribution is -2.37. The molecule has 2 atom stereocenters. The van der Waals surface area contributed by atoms with Gasteiger partial charge in [-0.3, -0.25) is 4.79 Å². The van der Waals surface area contributed by atoms with Crippen LogP contribution < -0.4 is 5.32 Å². The van der Waals surface area contributed by atoms with Crippen molar-refractivity contribution >= 4 is 5.91 Å². The van der Waals surface area contributed by atoms with Gasteiger partial charge in [0.1, 0.15) is 18.4 Å². The largest absolute Gasteiger partial charge is 0.352 e. The van der Waals surface area contributed by atoms with Gasteiger partial charge in [-0.25, -0.2) is 9.67 Å². The van der Waals surface area contributed by atoms with Crippen molar-refractivity contribution in [2.75, 3.05) is 0 Å². The summed E-state index contributed by atoms with van der Waals surface area (Å²) in [5.74, 6) is -0.0491. The molecule has 1 amide bonds. The first-order valence-electron chi connectivity index (χ1n) is 5.20. The second-order valence-corrected chi connectivity index (χ2v) is 3.65. The number of hydrogen-bond donors (Lipinski definition) is 1. The van der Waals surface area contributed by atoms with Crippen LogP contribution in [-0.4, -0.2) is 26.7 Å². The second-order valence-electron chi connectivity index (χ2n) is 3.65. The molecule has 0 saturated heterocycles. The number of nitriles is 1. The molecule has 0 spiro atoms. The van der Waals surface area contributed by atoms with Crippen LogP contribution >= 0.6 is 0 Å². The highest BCUT2D eigenvalue weighted by atomic mass is 16.2. The van der Waals surface area contributed by atoms with E-state index in [9.17, 15) is 4.79 Å². The summed E-state index contributed by atoms with van der Waals surface area (Å²) in [4.78, 5) is 15.5. The fraction of sp³-hybridized carbons (Fsp3) is 0.600. The average molecular weight is 221 g/mol. The Hall–Kier alpha value is -1.90. The Morgan fingerprint density at radius 1 is 1.69 bits per heavy atom. The molecule has 0 fully saturated rings. The van der Waals surface area contributed by atoms with Crippen molar-refractivity contribution in [3.05, 3.63) is 12.2 Å². The van der Waals surface area contributed by atoms with Gasteiger partial charge in [0.15, 0.2) is 0 Å². The zero-order valence-electron chi connectivity index (χ0n) is 9.64. The second kappa shape index (κ2) is 5.26. The summed E-state index contributed by atoms with van der Waals surface area (Å²) >= 11 is 0. The van der Waals surface area contributed by atoms with Gasteiger partial charge in [0.25, 0.3) is 5.82 Å². The van der Waals surface area contributed by atoms with Crippen LogP contribution in [0.1, 0.15) is 39.1 Å². The van der Waals surface area contributed by atoms with E-state index in [1.165, 1.54) is 11.0 Å². The summed E-state index contributed by atoms with van der Waals surface area (Å²) in [7, 11) is 0. The van der Waals surface area contributed by atoms with Crippen molar-refractivity contribution in [3.8, 4) is 6.07 Å². The maximum atomic E-state index is 11.7. The van der Waals surface area contributed by atoms with Crippen LogP contribution in [0.4, 0.5) is 0 Å². The SMILES string of the molecule is CCC(C)NC(=O)C(C)n1cnc(C#N)n1. The molecular weight excluding hydrogens is 206 g/mol. The average Bonchev–Trinajstić information content (AvgIpc) is 2.76. The van der Waals surface area contributed by atoms with Crippen LogP contribution in [0.5, 0.6) is 0 Å². The zero-order chi connectivity index (χ0) is 12.1. The number of amides is 1. The van der Waals surface area contributed by atoms with Gasteiger partial charge in [0, 0.05) is 6.04 Å². The summed E-state index contributed by atoms with van der Waals surface area (Å²) in [6.07, 6.45) is 2.26. The summed E-state index contributed by atoms with van der Waals surface area (Å²) in [5, 5.41) is 15.3. The number of nitrogens with zero attached hydrogens (tertiary/aromatic N) is 4. The summed E-state index contributed by atoms with van der Waals surface area (Å²) in [6.45, 7) is 5.65. The monoisotopic (exact) mass is 221 g/mol. The molecule has 1 aromatic rings. The highest BCUT2D eigenvalue weighted by molar-refractivity contribution is 5.79. The van der Waals surface area contributed by atoms with Crippen molar-refractivity contribution in [2.45, 2.75) is 39.3 Å². The van der Waals surface area contributed by atoms with Gasteiger partial charge in [0.2, 0.25) is 5.91 Å². The number of hydrogen-bond acceptors (Lipinski definition) is 4. The minimum atomic E-state index is -0.455. The van der Waals surface area contributed by atoms with E-state index in [1.807, 2.05) is 19.9 Å². The van der Waals surface area contributed by atoms with Gasteiger partial charge in [0.05, 0.1) is 0 Å². The topological polar surface area (TPSA) is 83.6 Å². The third kappa shape index (κ3) is 2.79. The predicted molar refractivity (Wildman–Crippen MR) is 57.3 cm³/mol. The minimum absolute atomic E-state index is 0.0724. The van der Waals surface area contributed by atoms with E-state index in [2.05, 4.69) is 15.4 Å². The molecular formula is C10H15N5O. The molecule has 0 aliphatic heterocycles. The highest BCUT2D eigenvalue weighted by Crippen LogP contribution is 2.04. The van der Waals surface area contributed by atoms with E-state index < -0.39 is 6.04 Å². The molecule has 2 unspecified atom stereocenters. The molecule has 1 heterocycles. The van der Waals surface area contributed by atoms with Gasteiger partial charge in [-0.1, -0.05) is 6.92 Å². The summed E-state index contributed by atoms with van der Waals surface area (Å²) in [5.41, 5.74) is 0. The molecule has 6 nitrogen and oxygen atoms in total. The van der Waals surface area contributed by atoms with Crippen molar-refractivity contribution in [2.24, 2.45) is 0 Å². The van der Waals surface area contributed by atoms with E-state index in [0.29, 0.717) is 0 Å². The Morgan fingerprint density at radius 2 is 2.38 bits per heavy atom. The number of carbonyl (C=O) groups excluding carboxylic acids is 1. The minimum Gasteiger partial charge on any atom is -0.352 e. The van der Waals surface area contributed by atoms with Gasteiger partial charge < -0.3 is 5.32 Å². The van der Waals surface area contributed by atoms with Crippen LogP contribution in [0.25, 0.3) is 0 Å². The normalized spacial score (nSPS) is 13.9. The van der Waals surface area contributed by atoms with Crippen LogP contribution in [0.3, 0.4) is 0 Å². The Bertz CT molecular complexity index is 406. The fourth-order valence-corrected chi connectivity index (χ4v) is 1.10. The smallest absolute Gasteiger partial charge is 0.252 e. The third-order valence-electron chi connectivity index (χ3n) is 2.39. The van der Waals surface area contributed by atoms with E-state index in [1.54, 1.807) is 6.92 Å². The van der Waals surface area contributed by atoms with Gasteiger partial charge >= 0.3 is 0 Å². The molecule has 0 aliphatic rings. The van der Waals surface area contributed by atoms with Crippen molar-refractivity contribution in [1.29, 1.82) is 5.26 Å². The fourth-order valence-electron chi connectivity index (χ4n) is 1.10.